The van der Waals surface area contributed by atoms with Crippen molar-refractivity contribution in [3.05, 3.63) is 30.1 Å². The molecule has 1 aromatic rings. The third-order valence-electron chi connectivity index (χ3n) is 3.07. The predicted molar refractivity (Wildman–Crippen MR) is 64.9 cm³/mol. The zero-order valence-electron chi connectivity index (χ0n) is 10.0. The second kappa shape index (κ2) is 6.57. The molecular formula is C13H22N2. The van der Waals surface area contributed by atoms with Crippen molar-refractivity contribution in [3.63, 3.8) is 0 Å². The Morgan fingerprint density at radius 1 is 1.33 bits per heavy atom. The van der Waals surface area contributed by atoms with Crippen molar-refractivity contribution in [1.29, 1.82) is 0 Å². The Morgan fingerprint density at radius 3 is 2.73 bits per heavy atom. The van der Waals surface area contributed by atoms with E-state index in [0.29, 0.717) is 6.04 Å². The van der Waals surface area contributed by atoms with Gasteiger partial charge in [-0.3, -0.25) is 4.98 Å². The van der Waals surface area contributed by atoms with Gasteiger partial charge in [0, 0.05) is 30.9 Å². The molecule has 0 aromatic carbocycles. The van der Waals surface area contributed by atoms with E-state index in [4.69, 9.17) is 0 Å². The SMILES string of the molecule is CC[C@H](C)[C@H](C)NCCc1ccccn1. The molecule has 0 spiro atoms. The summed E-state index contributed by atoms with van der Waals surface area (Å²) in [6, 6.07) is 6.67. The topological polar surface area (TPSA) is 24.9 Å². The molecule has 0 aliphatic heterocycles. The van der Waals surface area contributed by atoms with Crippen molar-refractivity contribution in [2.45, 2.75) is 39.7 Å². The number of rotatable bonds is 6. The van der Waals surface area contributed by atoms with Gasteiger partial charge in [0.15, 0.2) is 0 Å². The summed E-state index contributed by atoms with van der Waals surface area (Å²) in [6.45, 7) is 7.80. The minimum Gasteiger partial charge on any atom is -0.314 e. The lowest BCUT2D eigenvalue weighted by Crippen LogP contribution is -2.33. The van der Waals surface area contributed by atoms with E-state index in [0.717, 1.165) is 18.9 Å². The van der Waals surface area contributed by atoms with Gasteiger partial charge in [0.1, 0.15) is 0 Å². The highest BCUT2D eigenvalue weighted by atomic mass is 14.9. The fourth-order valence-electron chi connectivity index (χ4n) is 1.53. The van der Waals surface area contributed by atoms with Gasteiger partial charge in [-0.15, -0.1) is 0 Å². The third kappa shape index (κ3) is 4.43. The lowest BCUT2D eigenvalue weighted by molar-refractivity contribution is 0.392. The molecule has 0 aliphatic rings. The van der Waals surface area contributed by atoms with E-state index in [-0.39, 0.29) is 0 Å². The standard InChI is InChI=1S/C13H22N2/c1-4-11(2)12(3)14-10-8-13-7-5-6-9-15-13/h5-7,9,11-12,14H,4,8,10H2,1-3H3/t11-,12-/m0/s1. The van der Waals surface area contributed by atoms with Crippen LogP contribution in [0.1, 0.15) is 32.9 Å². The lowest BCUT2D eigenvalue weighted by atomic mass is 10.0. The van der Waals surface area contributed by atoms with E-state index in [1.165, 1.54) is 12.1 Å². The highest BCUT2D eigenvalue weighted by Crippen LogP contribution is 2.06. The smallest absolute Gasteiger partial charge is 0.0416 e. The fourth-order valence-corrected chi connectivity index (χ4v) is 1.53. The first kappa shape index (κ1) is 12.2. The van der Waals surface area contributed by atoms with Gasteiger partial charge in [0.05, 0.1) is 0 Å². The Kier molecular flexibility index (Phi) is 5.33. The molecule has 0 fully saturated rings. The average molecular weight is 206 g/mol. The van der Waals surface area contributed by atoms with Gasteiger partial charge in [-0.25, -0.2) is 0 Å². The number of aromatic nitrogens is 1. The normalized spacial score (nSPS) is 14.9. The van der Waals surface area contributed by atoms with Gasteiger partial charge >= 0.3 is 0 Å². The van der Waals surface area contributed by atoms with E-state index < -0.39 is 0 Å². The summed E-state index contributed by atoms with van der Waals surface area (Å²) in [5, 5.41) is 3.54. The van der Waals surface area contributed by atoms with Gasteiger partial charge in [-0.05, 0) is 25.0 Å². The molecule has 1 rings (SSSR count). The Balaban J connectivity index is 2.22. The Hall–Kier alpha value is -0.890. The van der Waals surface area contributed by atoms with Crippen molar-refractivity contribution in [2.24, 2.45) is 5.92 Å². The van der Waals surface area contributed by atoms with Gasteiger partial charge in [-0.2, -0.15) is 0 Å². The minimum absolute atomic E-state index is 0.596. The summed E-state index contributed by atoms with van der Waals surface area (Å²) in [5.41, 5.74) is 1.17. The van der Waals surface area contributed by atoms with Crippen LogP contribution in [0, 0.1) is 5.92 Å². The molecule has 1 aromatic heterocycles. The second-order valence-electron chi connectivity index (χ2n) is 4.20. The molecule has 0 unspecified atom stereocenters. The van der Waals surface area contributed by atoms with E-state index in [1.807, 2.05) is 18.3 Å². The third-order valence-corrected chi connectivity index (χ3v) is 3.07. The van der Waals surface area contributed by atoms with Crippen LogP contribution in [0.3, 0.4) is 0 Å². The predicted octanol–water partition coefficient (Wildman–Crippen LogP) is 2.65. The molecule has 2 heteroatoms. The highest BCUT2D eigenvalue weighted by molar-refractivity contribution is 5.03. The van der Waals surface area contributed by atoms with E-state index >= 15 is 0 Å². The molecule has 0 saturated heterocycles. The summed E-state index contributed by atoms with van der Waals surface area (Å²) >= 11 is 0. The maximum absolute atomic E-state index is 4.30. The minimum atomic E-state index is 0.596. The van der Waals surface area contributed by atoms with Crippen molar-refractivity contribution in [1.82, 2.24) is 10.3 Å². The monoisotopic (exact) mass is 206 g/mol. The Bertz CT molecular complexity index is 258. The summed E-state index contributed by atoms with van der Waals surface area (Å²) in [5.74, 6) is 0.744. The first-order chi connectivity index (χ1) is 7.24. The molecule has 0 saturated carbocycles. The summed E-state index contributed by atoms with van der Waals surface area (Å²) in [4.78, 5) is 4.30. The molecule has 0 bridgehead atoms. The number of hydrogen-bond donors (Lipinski definition) is 1. The highest BCUT2D eigenvalue weighted by Gasteiger charge is 2.08. The van der Waals surface area contributed by atoms with Crippen LogP contribution < -0.4 is 5.32 Å². The Morgan fingerprint density at radius 2 is 2.13 bits per heavy atom. The average Bonchev–Trinajstić information content (AvgIpc) is 2.29. The van der Waals surface area contributed by atoms with Gasteiger partial charge in [-0.1, -0.05) is 26.3 Å². The maximum atomic E-state index is 4.30. The second-order valence-corrected chi connectivity index (χ2v) is 4.20. The quantitative estimate of drug-likeness (QED) is 0.774. The van der Waals surface area contributed by atoms with Crippen LogP contribution >= 0.6 is 0 Å². The lowest BCUT2D eigenvalue weighted by Gasteiger charge is -2.19. The molecule has 1 N–H and O–H groups in total. The van der Waals surface area contributed by atoms with E-state index in [1.54, 1.807) is 0 Å². The van der Waals surface area contributed by atoms with Gasteiger partial charge in [0.25, 0.3) is 0 Å². The van der Waals surface area contributed by atoms with Crippen LogP contribution in [-0.2, 0) is 6.42 Å². The molecule has 2 nitrogen and oxygen atoms in total. The first-order valence-electron chi connectivity index (χ1n) is 5.87. The van der Waals surface area contributed by atoms with Crippen molar-refractivity contribution < 1.29 is 0 Å². The zero-order chi connectivity index (χ0) is 11.1. The van der Waals surface area contributed by atoms with Crippen LogP contribution in [0.15, 0.2) is 24.4 Å². The largest absolute Gasteiger partial charge is 0.314 e. The molecule has 0 radical (unpaired) electrons. The number of nitrogens with zero attached hydrogens (tertiary/aromatic N) is 1. The number of hydrogen-bond acceptors (Lipinski definition) is 2. The van der Waals surface area contributed by atoms with Crippen molar-refractivity contribution >= 4 is 0 Å². The van der Waals surface area contributed by atoms with Crippen LogP contribution in [0.2, 0.25) is 0 Å². The summed E-state index contributed by atoms with van der Waals surface area (Å²) in [6.07, 6.45) is 4.10. The van der Waals surface area contributed by atoms with Crippen LogP contribution in [0.25, 0.3) is 0 Å². The van der Waals surface area contributed by atoms with Crippen molar-refractivity contribution in [3.8, 4) is 0 Å². The fraction of sp³-hybridized carbons (Fsp3) is 0.615. The van der Waals surface area contributed by atoms with Gasteiger partial charge < -0.3 is 5.32 Å². The van der Waals surface area contributed by atoms with Gasteiger partial charge in [0.2, 0.25) is 0 Å². The van der Waals surface area contributed by atoms with E-state index in [9.17, 15) is 0 Å². The summed E-state index contributed by atoms with van der Waals surface area (Å²) < 4.78 is 0. The van der Waals surface area contributed by atoms with Crippen LogP contribution in [0.5, 0.6) is 0 Å². The molecular weight excluding hydrogens is 184 g/mol. The van der Waals surface area contributed by atoms with Crippen LogP contribution in [-0.4, -0.2) is 17.6 Å². The number of pyridine rings is 1. The maximum Gasteiger partial charge on any atom is 0.0416 e. The molecule has 15 heavy (non-hydrogen) atoms. The Labute approximate surface area is 93.1 Å². The first-order valence-corrected chi connectivity index (χ1v) is 5.87. The van der Waals surface area contributed by atoms with Crippen molar-refractivity contribution in [2.75, 3.05) is 6.54 Å². The molecule has 84 valence electrons. The zero-order valence-corrected chi connectivity index (χ0v) is 10.0. The van der Waals surface area contributed by atoms with Crippen LogP contribution in [0.4, 0.5) is 0 Å². The molecule has 0 aliphatic carbocycles. The molecule has 0 amide bonds. The molecule has 1 heterocycles. The van der Waals surface area contributed by atoms with E-state index in [2.05, 4.69) is 37.1 Å². The molecule has 2 atom stereocenters. The number of nitrogens with one attached hydrogen (secondary N) is 1. The summed E-state index contributed by atoms with van der Waals surface area (Å²) in [7, 11) is 0.